The Hall–Kier alpha value is -4.35. The van der Waals surface area contributed by atoms with Crippen molar-refractivity contribution in [1.82, 2.24) is 25.1 Å². The quantitative estimate of drug-likeness (QED) is 0.415. The molecule has 1 atom stereocenters. The Labute approximate surface area is 215 Å². The van der Waals surface area contributed by atoms with Crippen LogP contribution in [0, 0.1) is 17.2 Å². The van der Waals surface area contributed by atoms with E-state index in [-0.39, 0.29) is 18.2 Å². The van der Waals surface area contributed by atoms with E-state index >= 15 is 0 Å². The number of benzene rings is 2. The summed E-state index contributed by atoms with van der Waals surface area (Å²) in [7, 11) is 0. The highest BCUT2D eigenvalue weighted by Crippen LogP contribution is 2.23. The van der Waals surface area contributed by atoms with Crippen molar-refractivity contribution in [3.8, 4) is 34.5 Å². The van der Waals surface area contributed by atoms with Gasteiger partial charge in [0, 0.05) is 17.2 Å². The van der Waals surface area contributed by atoms with Gasteiger partial charge in [-0.2, -0.15) is 10.4 Å². The number of hydrogen-bond donors (Lipinski definition) is 1. The molecule has 8 nitrogen and oxygen atoms in total. The lowest BCUT2D eigenvalue weighted by molar-refractivity contribution is 0.127. The summed E-state index contributed by atoms with van der Waals surface area (Å²) in [5.74, 6) is 1.78. The first-order valence-electron chi connectivity index (χ1n) is 12.5. The number of nitrogens with zero attached hydrogens (tertiary/aromatic N) is 5. The van der Waals surface area contributed by atoms with Gasteiger partial charge in [0.05, 0.1) is 42.4 Å². The van der Waals surface area contributed by atoms with Crippen LogP contribution in [0.4, 0.5) is 0 Å². The molecule has 2 aromatic carbocycles. The minimum absolute atomic E-state index is 0.113. The Morgan fingerprint density at radius 2 is 1.86 bits per heavy atom. The fourth-order valence-electron chi connectivity index (χ4n) is 4.64. The van der Waals surface area contributed by atoms with E-state index in [1.165, 1.54) is 10.7 Å². The van der Waals surface area contributed by atoms with Crippen molar-refractivity contribution < 1.29 is 4.74 Å². The fourth-order valence-corrected chi connectivity index (χ4v) is 4.64. The Kier molecular flexibility index (Phi) is 7.33. The molecule has 0 aliphatic carbocycles. The molecule has 3 heterocycles. The molecule has 1 aliphatic rings. The van der Waals surface area contributed by atoms with Gasteiger partial charge in [0.15, 0.2) is 11.6 Å². The Balaban J connectivity index is 1.32. The van der Waals surface area contributed by atoms with Gasteiger partial charge < -0.3 is 10.1 Å². The van der Waals surface area contributed by atoms with Crippen molar-refractivity contribution in [2.24, 2.45) is 5.92 Å². The molecule has 2 aromatic heterocycles. The monoisotopic (exact) mass is 492 g/mol. The summed E-state index contributed by atoms with van der Waals surface area (Å²) in [6, 6.07) is 20.3. The topological polar surface area (TPSA) is 106 Å². The smallest absolute Gasteiger partial charge is 0.267 e. The van der Waals surface area contributed by atoms with Gasteiger partial charge in [0.1, 0.15) is 0 Å². The number of aromatic nitrogens is 4. The minimum Gasteiger partial charge on any atom is -0.487 e. The van der Waals surface area contributed by atoms with Gasteiger partial charge in [0.25, 0.3) is 5.56 Å². The molecule has 0 amide bonds. The van der Waals surface area contributed by atoms with Gasteiger partial charge >= 0.3 is 0 Å². The summed E-state index contributed by atoms with van der Waals surface area (Å²) in [5.41, 5.74) is 3.29. The van der Waals surface area contributed by atoms with Gasteiger partial charge in [-0.1, -0.05) is 36.4 Å². The molecule has 8 heteroatoms. The van der Waals surface area contributed by atoms with Crippen molar-refractivity contribution in [1.29, 1.82) is 5.26 Å². The molecule has 4 aromatic rings. The lowest BCUT2D eigenvalue weighted by Gasteiger charge is -2.28. The molecule has 0 radical (unpaired) electrons. The van der Waals surface area contributed by atoms with Crippen LogP contribution in [-0.4, -0.2) is 38.9 Å². The molecule has 1 fully saturated rings. The SMILES string of the molecule is CC(Oc1cnc(-c2cccc(Cn3nc(-c4ccccc4C#N)ccc3=O)c2)nc1)C1CCNCC1. The van der Waals surface area contributed by atoms with E-state index < -0.39 is 0 Å². The molecule has 0 bridgehead atoms. The molecule has 37 heavy (non-hydrogen) atoms. The van der Waals surface area contributed by atoms with Gasteiger partial charge in [-0.25, -0.2) is 14.6 Å². The number of nitrogens with one attached hydrogen (secondary N) is 1. The van der Waals surface area contributed by atoms with Crippen LogP contribution in [0.5, 0.6) is 5.75 Å². The van der Waals surface area contributed by atoms with E-state index in [2.05, 4.69) is 33.4 Å². The summed E-state index contributed by atoms with van der Waals surface area (Å²) in [6.07, 6.45) is 5.77. The highest BCUT2D eigenvalue weighted by molar-refractivity contribution is 5.66. The highest BCUT2D eigenvalue weighted by atomic mass is 16.5. The second kappa shape index (κ2) is 11.1. The first kappa shape index (κ1) is 24.3. The van der Waals surface area contributed by atoms with Crippen molar-refractivity contribution >= 4 is 0 Å². The Morgan fingerprint density at radius 1 is 1.08 bits per heavy atom. The predicted octanol–water partition coefficient (Wildman–Crippen LogP) is 4.05. The van der Waals surface area contributed by atoms with Gasteiger partial charge in [-0.3, -0.25) is 4.79 Å². The number of hydrogen-bond acceptors (Lipinski definition) is 7. The zero-order chi connectivity index (χ0) is 25.6. The van der Waals surface area contributed by atoms with Gasteiger partial charge in [0.2, 0.25) is 0 Å². The third-order valence-electron chi connectivity index (χ3n) is 6.71. The van der Waals surface area contributed by atoms with Crippen LogP contribution < -0.4 is 15.6 Å². The van der Waals surface area contributed by atoms with Crippen LogP contribution in [-0.2, 0) is 6.54 Å². The van der Waals surface area contributed by atoms with Crippen molar-refractivity contribution in [3.05, 3.63) is 94.5 Å². The number of nitriles is 1. The third kappa shape index (κ3) is 5.74. The van der Waals surface area contributed by atoms with Crippen LogP contribution in [0.15, 0.2) is 77.9 Å². The largest absolute Gasteiger partial charge is 0.487 e. The standard InChI is InChI=1S/C29H28N6O2/c1-20(22-11-13-31-14-12-22)37-25-17-32-29(33-18-25)23-7-4-5-21(15-23)19-35-28(36)10-9-27(34-35)26-8-3-2-6-24(26)16-30/h2-10,15,17-18,20,22,31H,11-14,19H2,1H3. The summed E-state index contributed by atoms with van der Waals surface area (Å²) in [4.78, 5) is 21.6. The molecule has 5 rings (SSSR count). The molecule has 1 unspecified atom stereocenters. The van der Waals surface area contributed by atoms with E-state index in [1.807, 2.05) is 36.4 Å². The zero-order valence-electron chi connectivity index (χ0n) is 20.7. The second-order valence-electron chi connectivity index (χ2n) is 9.22. The van der Waals surface area contributed by atoms with E-state index in [1.54, 1.807) is 30.6 Å². The molecule has 0 saturated carbocycles. The molecule has 1 aliphatic heterocycles. The van der Waals surface area contributed by atoms with E-state index in [0.717, 1.165) is 37.1 Å². The third-order valence-corrected chi connectivity index (χ3v) is 6.71. The molecule has 0 spiro atoms. The molecule has 1 N–H and O–H groups in total. The number of rotatable bonds is 7. The summed E-state index contributed by atoms with van der Waals surface area (Å²) >= 11 is 0. The maximum atomic E-state index is 12.5. The van der Waals surface area contributed by atoms with Crippen LogP contribution in [0.3, 0.4) is 0 Å². The molecular formula is C29H28N6O2. The average Bonchev–Trinajstić information content (AvgIpc) is 2.95. The molecule has 186 valence electrons. The minimum atomic E-state index is -0.218. The normalized spacial score (nSPS) is 14.6. The number of ether oxygens (including phenoxy) is 1. The van der Waals surface area contributed by atoms with Gasteiger partial charge in [-0.15, -0.1) is 0 Å². The lowest BCUT2D eigenvalue weighted by Crippen LogP contribution is -2.35. The highest BCUT2D eigenvalue weighted by Gasteiger charge is 2.21. The second-order valence-corrected chi connectivity index (χ2v) is 9.22. The van der Waals surface area contributed by atoms with Crippen molar-refractivity contribution in [2.45, 2.75) is 32.4 Å². The van der Waals surface area contributed by atoms with E-state index in [4.69, 9.17) is 4.74 Å². The number of piperidine rings is 1. The van der Waals surface area contributed by atoms with Crippen molar-refractivity contribution in [2.75, 3.05) is 13.1 Å². The summed E-state index contributed by atoms with van der Waals surface area (Å²) < 4.78 is 7.51. The predicted molar refractivity (Wildman–Crippen MR) is 141 cm³/mol. The first-order valence-corrected chi connectivity index (χ1v) is 12.5. The van der Waals surface area contributed by atoms with Crippen LogP contribution in [0.25, 0.3) is 22.6 Å². The maximum absolute atomic E-state index is 12.5. The maximum Gasteiger partial charge on any atom is 0.267 e. The van der Waals surface area contributed by atoms with Crippen LogP contribution in [0.1, 0.15) is 30.9 Å². The Bertz CT molecular complexity index is 1470. The van der Waals surface area contributed by atoms with E-state index in [0.29, 0.717) is 34.3 Å². The molecular weight excluding hydrogens is 464 g/mol. The fraction of sp³-hybridized carbons (Fsp3) is 0.276. The average molecular weight is 493 g/mol. The summed E-state index contributed by atoms with van der Waals surface area (Å²) in [6.45, 7) is 4.45. The van der Waals surface area contributed by atoms with Crippen LogP contribution in [0.2, 0.25) is 0 Å². The molecule has 1 saturated heterocycles. The zero-order valence-corrected chi connectivity index (χ0v) is 20.7. The first-order chi connectivity index (χ1) is 18.1. The van der Waals surface area contributed by atoms with E-state index in [9.17, 15) is 10.1 Å². The Morgan fingerprint density at radius 3 is 2.65 bits per heavy atom. The van der Waals surface area contributed by atoms with Crippen molar-refractivity contribution in [3.63, 3.8) is 0 Å². The summed E-state index contributed by atoms with van der Waals surface area (Å²) in [5, 5.41) is 17.3. The van der Waals surface area contributed by atoms with Crippen LogP contribution >= 0.6 is 0 Å². The van der Waals surface area contributed by atoms with Gasteiger partial charge in [-0.05, 0) is 62.5 Å². The lowest BCUT2D eigenvalue weighted by atomic mass is 9.93.